The minimum Gasteiger partial charge on any atom is -0.325 e. The summed E-state index contributed by atoms with van der Waals surface area (Å²) in [5.41, 5.74) is 1.09. The molecule has 0 radical (unpaired) electrons. The van der Waals surface area contributed by atoms with Gasteiger partial charge in [-0.15, -0.1) is 0 Å². The molecule has 1 N–H and O–H groups in total. The van der Waals surface area contributed by atoms with Gasteiger partial charge in [-0.1, -0.05) is 30.3 Å². The second kappa shape index (κ2) is 5.43. The molecule has 1 aromatic rings. The zero-order valence-electron chi connectivity index (χ0n) is 12.4. The minimum absolute atomic E-state index is 0.146. The molecule has 0 spiro atoms. The molecule has 4 heteroatoms. The molecule has 0 aliphatic carbocycles. The lowest BCUT2D eigenvalue weighted by Crippen LogP contribution is -2.48. The van der Waals surface area contributed by atoms with Crippen molar-refractivity contribution in [2.75, 3.05) is 19.8 Å². The van der Waals surface area contributed by atoms with Gasteiger partial charge in [-0.25, -0.2) is 0 Å². The van der Waals surface area contributed by atoms with Crippen molar-refractivity contribution < 1.29 is 4.79 Å². The van der Waals surface area contributed by atoms with E-state index in [0.717, 1.165) is 24.9 Å². The summed E-state index contributed by atoms with van der Waals surface area (Å²) in [7, 11) is 0. The van der Waals surface area contributed by atoms with E-state index >= 15 is 0 Å². The topological polar surface area (TPSA) is 35.6 Å². The van der Waals surface area contributed by atoms with Crippen molar-refractivity contribution in [3.63, 3.8) is 0 Å². The van der Waals surface area contributed by atoms with Gasteiger partial charge in [0, 0.05) is 18.6 Å². The molecule has 0 bridgehead atoms. The Hall–Kier alpha value is -1.39. The van der Waals surface area contributed by atoms with Gasteiger partial charge in [0.25, 0.3) is 0 Å². The number of benzene rings is 1. The predicted molar refractivity (Wildman–Crippen MR) is 81.6 cm³/mol. The van der Waals surface area contributed by atoms with Crippen molar-refractivity contribution in [1.82, 2.24) is 15.1 Å². The smallest absolute Gasteiger partial charge is 0.245 e. The van der Waals surface area contributed by atoms with E-state index in [2.05, 4.69) is 15.1 Å². The van der Waals surface area contributed by atoms with E-state index in [1.807, 2.05) is 30.3 Å². The molecule has 0 aromatic heterocycles. The minimum atomic E-state index is -0.146. The van der Waals surface area contributed by atoms with Crippen LogP contribution in [0.1, 0.15) is 37.3 Å². The third-order valence-electron chi connectivity index (χ3n) is 5.36. The second-order valence-corrected chi connectivity index (χ2v) is 6.52. The molecule has 1 amide bonds. The maximum Gasteiger partial charge on any atom is 0.245 e. The van der Waals surface area contributed by atoms with Crippen LogP contribution >= 0.6 is 0 Å². The Labute approximate surface area is 126 Å². The Bertz CT molecular complexity index is 518. The van der Waals surface area contributed by atoms with E-state index < -0.39 is 0 Å². The lowest BCUT2D eigenvalue weighted by Gasteiger charge is -2.38. The number of rotatable bonds is 2. The first kappa shape index (κ1) is 13.3. The van der Waals surface area contributed by atoms with Gasteiger partial charge in [-0.2, -0.15) is 0 Å². The van der Waals surface area contributed by atoms with Crippen LogP contribution < -0.4 is 5.32 Å². The number of hydrogen-bond acceptors (Lipinski definition) is 3. The maximum atomic E-state index is 12.7. The molecule has 112 valence electrons. The van der Waals surface area contributed by atoms with Crippen LogP contribution in [0.3, 0.4) is 0 Å². The fraction of sp³-hybridized carbons (Fsp3) is 0.588. The molecule has 3 saturated heterocycles. The van der Waals surface area contributed by atoms with Crippen LogP contribution in [0, 0.1) is 0 Å². The molecule has 3 unspecified atom stereocenters. The maximum absolute atomic E-state index is 12.7. The van der Waals surface area contributed by atoms with Crippen LogP contribution in [-0.4, -0.2) is 47.5 Å². The largest absolute Gasteiger partial charge is 0.325 e. The molecule has 1 aromatic carbocycles. The standard InChI is InChI=1S/C17H23N3O/c21-17-16(13-5-2-1-3-6-13)18-12-20(17)15-8-10-19-9-4-7-14(19)11-15/h1-3,5-6,14-16,18H,4,7-12H2. The molecule has 3 heterocycles. The third-order valence-corrected chi connectivity index (χ3v) is 5.36. The van der Waals surface area contributed by atoms with Crippen molar-refractivity contribution in [1.29, 1.82) is 0 Å². The average Bonchev–Trinajstić information content (AvgIpc) is 3.13. The molecule has 3 atom stereocenters. The van der Waals surface area contributed by atoms with Crippen LogP contribution in [0.25, 0.3) is 0 Å². The summed E-state index contributed by atoms with van der Waals surface area (Å²) in [6.07, 6.45) is 4.94. The van der Waals surface area contributed by atoms with Gasteiger partial charge in [-0.05, 0) is 37.8 Å². The Morgan fingerprint density at radius 2 is 1.90 bits per heavy atom. The lowest BCUT2D eigenvalue weighted by atomic mass is 9.96. The molecule has 4 rings (SSSR count). The van der Waals surface area contributed by atoms with Crippen LogP contribution in [0.15, 0.2) is 30.3 Å². The van der Waals surface area contributed by atoms with Crippen molar-refractivity contribution in [2.24, 2.45) is 0 Å². The van der Waals surface area contributed by atoms with E-state index in [1.165, 1.54) is 19.4 Å². The van der Waals surface area contributed by atoms with Crippen LogP contribution in [0.4, 0.5) is 0 Å². The van der Waals surface area contributed by atoms with Gasteiger partial charge in [0.2, 0.25) is 5.91 Å². The third kappa shape index (κ3) is 2.36. The number of carbonyl (C=O) groups excluding carboxylic acids is 1. The molecule has 3 aliphatic rings. The second-order valence-electron chi connectivity index (χ2n) is 6.52. The first-order valence-electron chi connectivity index (χ1n) is 8.16. The summed E-state index contributed by atoms with van der Waals surface area (Å²) < 4.78 is 0. The fourth-order valence-electron chi connectivity index (χ4n) is 4.22. The van der Waals surface area contributed by atoms with Crippen LogP contribution in [-0.2, 0) is 4.79 Å². The van der Waals surface area contributed by atoms with Gasteiger partial charge >= 0.3 is 0 Å². The molecule has 3 fully saturated rings. The molecule has 0 saturated carbocycles. The first-order valence-corrected chi connectivity index (χ1v) is 8.16. The number of carbonyl (C=O) groups is 1. The van der Waals surface area contributed by atoms with E-state index in [-0.39, 0.29) is 11.9 Å². The van der Waals surface area contributed by atoms with E-state index in [4.69, 9.17) is 0 Å². The Kier molecular flexibility index (Phi) is 3.43. The summed E-state index contributed by atoms with van der Waals surface area (Å²) in [6.45, 7) is 3.13. The summed E-state index contributed by atoms with van der Waals surface area (Å²) >= 11 is 0. The van der Waals surface area contributed by atoms with Crippen molar-refractivity contribution in [3.05, 3.63) is 35.9 Å². The molecule has 3 aliphatic heterocycles. The van der Waals surface area contributed by atoms with Gasteiger partial charge in [0.1, 0.15) is 6.04 Å². The first-order chi connectivity index (χ1) is 10.3. The highest BCUT2D eigenvalue weighted by atomic mass is 16.2. The number of nitrogens with zero attached hydrogens (tertiary/aromatic N) is 2. The lowest BCUT2D eigenvalue weighted by molar-refractivity contribution is -0.132. The van der Waals surface area contributed by atoms with E-state index in [1.54, 1.807) is 0 Å². The van der Waals surface area contributed by atoms with Crippen molar-refractivity contribution in [2.45, 2.75) is 43.8 Å². The molecular weight excluding hydrogens is 262 g/mol. The highest BCUT2D eigenvalue weighted by molar-refractivity contribution is 5.85. The van der Waals surface area contributed by atoms with E-state index in [9.17, 15) is 4.79 Å². The van der Waals surface area contributed by atoms with Gasteiger partial charge in [-0.3, -0.25) is 10.1 Å². The number of amides is 1. The van der Waals surface area contributed by atoms with Crippen LogP contribution in [0.5, 0.6) is 0 Å². The van der Waals surface area contributed by atoms with Crippen LogP contribution in [0.2, 0.25) is 0 Å². The summed E-state index contributed by atoms with van der Waals surface area (Å²) in [4.78, 5) is 17.4. The summed E-state index contributed by atoms with van der Waals surface area (Å²) in [6, 6.07) is 11.1. The molecule has 21 heavy (non-hydrogen) atoms. The number of piperidine rings is 1. The molecule has 4 nitrogen and oxygen atoms in total. The quantitative estimate of drug-likeness (QED) is 0.899. The Morgan fingerprint density at radius 1 is 1.05 bits per heavy atom. The predicted octanol–water partition coefficient (Wildman–Crippen LogP) is 1.74. The Morgan fingerprint density at radius 3 is 2.76 bits per heavy atom. The molecular formula is C17H23N3O. The van der Waals surface area contributed by atoms with Crippen molar-refractivity contribution in [3.8, 4) is 0 Å². The van der Waals surface area contributed by atoms with Gasteiger partial charge < -0.3 is 9.80 Å². The van der Waals surface area contributed by atoms with Crippen molar-refractivity contribution >= 4 is 5.91 Å². The normalized spacial score (nSPS) is 33.4. The SMILES string of the molecule is O=C1C(c2ccccc2)NCN1C1CCN2CCCC2C1. The Balaban J connectivity index is 1.46. The summed E-state index contributed by atoms with van der Waals surface area (Å²) in [5.74, 6) is 0.262. The average molecular weight is 285 g/mol. The summed E-state index contributed by atoms with van der Waals surface area (Å²) in [5, 5.41) is 3.39. The monoisotopic (exact) mass is 285 g/mol. The zero-order valence-corrected chi connectivity index (χ0v) is 12.4. The fourth-order valence-corrected chi connectivity index (χ4v) is 4.22. The number of nitrogens with one attached hydrogen (secondary N) is 1. The van der Waals surface area contributed by atoms with Gasteiger partial charge in [0.15, 0.2) is 0 Å². The van der Waals surface area contributed by atoms with Gasteiger partial charge in [0.05, 0.1) is 6.67 Å². The highest BCUT2D eigenvalue weighted by Crippen LogP contribution is 2.32. The number of hydrogen-bond donors (Lipinski definition) is 1. The van der Waals surface area contributed by atoms with E-state index in [0.29, 0.717) is 18.8 Å². The zero-order chi connectivity index (χ0) is 14.2. The number of fused-ring (bicyclic) bond motifs is 1. The highest BCUT2D eigenvalue weighted by Gasteiger charge is 2.40.